The summed E-state index contributed by atoms with van der Waals surface area (Å²) in [5, 5.41) is 21.4. The van der Waals surface area contributed by atoms with E-state index in [1.807, 2.05) is 13.8 Å². The van der Waals surface area contributed by atoms with E-state index < -0.39 is 64.7 Å². The number of carbonyl (C=O) groups is 1. The number of aliphatic hydroxyl groups is 1. The second kappa shape index (κ2) is 10.1. The molecular formula is C23H25F6N7O3. The number of aromatic nitrogens is 5. The maximum absolute atomic E-state index is 14.0. The summed E-state index contributed by atoms with van der Waals surface area (Å²) < 4.78 is 90.3. The molecule has 1 atom stereocenters. The molecule has 3 N–H and O–H groups in total. The molecule has 3 aromatic heterocycles. The van der Waals surface area contributed by atoms with E-state index in [9.17, 15) is 36.2 Å². The van der Waals surface area contributed by atoms with Crippen molar-refractivity contribution in [3.63, 3.8) is 0 Å². The SMILES string of the molecule is CC(C)n1nccc1CN1CCCCC[C@](O)(C(F)(F)F)c2nnc(o2)-c2nc(c(C(F)(F)F)cc2N)C1=O. The van der Waals surface area contributed by atoms with Crippen LogP contribution in [0.3, 0.4) is 0 Å². The fraction of sp³-hybridized carbons (Fsp3) is 0.522. The second-order valence-corrected chi connectivity index (χ2v) is 9.49. The third-order valence-electron chi connectivity index (χ3n) is 6.36. The van der Waals surface area contributed by atoms with Crippen LogP contribution >= 0.6 is 0 Å². The van der Waals surface area contributed by atoms with E-state index in [2.05, 4.69) is 20.3 Å². The average molecular weight is 561 g/mol. The number of fused-ring (bicyclic) bond motifs is 5. The third-order valence-corrected chi connectivity index (χ3v) is 6.36. The summed E-state index contributed by atoms with van der Waals surface area (Å²) in [6.07, 6.45) is -9.54. The van der Waals surface area contributed by atoms with Gasteiger partial charge in [0.05, 0.1) is 23.5 Å². The Bertz CT molecular complexity index is 1350. The normalized spacial score (nSPS) is 19.4. The van der Waals surface area contributed by atoms with Crippen LogP contribution < -0.4 is 5.73 Å². The van der Waals surface area contributed by atoms with Crippen molar-refractivity contribution in [3.8, 4) is 11.6 Å². The van der Waals surface area contributed by atoms with E-state index >= 15 is 0 Å². The Labute approximate surface area is 217 Å². The van der Waals surface area contributed by atoms with Gasteiger partial charge in [-0.3, -0.25) is 9.48 Å². The van der Waals surface area contributed by atoms with Crippen LogP contribution in [0.2, 0.25) is 0 Å². The Kier molecular flexibility index (Phi) is 7.35. The minimum Gasteiger partial charge on any atom is -0.416 e. The van der Waals surface area contributed by atoms with Gasteiger partial charge in [-0.25, -0.2) is 4.98 Å². The highest BCUT2D eigenvalue weighted by atomic mass is 19.4. The minimum atomic E-state index is -5.20. The van der Waals surface area contributed by atoms with Gasteiger partial charge in [0, 0.05) is 18.8 Å². The zero-order valence-corrected chi connectivity index (χ0v) is 20.8. The molecule has 1 aliphatic rings. The van der Waals surface area contributed by atoms with Crippen molar-refractivity contribution in [2.45, 2.75) is 70.1 Å². The molecule has 4 rings (SSSR count). The van der Waals surface area contributed by atoms with Crippen molar-refractivity contribution in [3.05, 3.63) is 41.2 Å². The first-order valence-corrected chi connectivity index (χ1v) is 12.0. The lowest BCUT2D eigenvalue weighted by molar-refractivity contribution is -0.277. The van der Waals surface area contributed by atoms with Crippen LogP contribution in [-0.2, 0) is 18.3 Å². The fourth-order valence-corrected chi connectivity index (χ4v) is 4.33. The summed E-state index contributed by atoms with van der Waals surface area (Å²) in [4.78, 5) is 18.5. The van der Waals surface area contributed by atoms with Gasteiger partial charge in [-0.2, -0.15) is 31.4 Å². The number of pyridine rings is 1. The van der Waals surface area contributed by atoms with Gasteiger partial charge in [0.25, 0.3) is 17.7 Å². The summed E-state index contributed by atoms with van der Waals surface area (Å²) in [5.74, 6) is -3.07. The average Bonchev–Trinajstić information content (AvgIpc) is 3.51. The molecule has 0 radical (unpaired) electrons. The van der Waals surface area contributed by atoms with Gasteiger partial charge in [-0.15, -0.1) is 10.2 Å². The van der Waals surface area contributed by atoms with Gasteiger partial charge in [-0.05, 0) is 45.2 Å². The molecule has 0 saturated carbocycles. The van der Waals surface area contributed by atoms with E-state index in [1.165, 1.54) is 6.20 Å². The summed E-state index contributed by atoms with van der Waals surface area (Å²) >= 11 is 0. The van der Waals surface area contributed by atoms with Gasteiger partial charge in [0.1, 0.15) is 5.69 Å². The van der Waals surface area contributed by atoms with Crippen LogP contribution in [0.1, 0.15) is 73.2 Å². The Morgan fingerprint density at radius 1 is 1.13 bits per heavy atom. The smallest absolute Gasteiger partial charge is 0.416 e. The highest BCUT2D eigenvalue weighted by Crippen LogP contribution is 2.43. The summed E-state index contributed by atoms with van der Waals surface area (Å²) in [5.41, 5.74) is -0.995. The first kappa shape index (κ1) is 28.3. The van der Waals surface area contributed by atoms with E-state index in [4.69, 9.17) is 10.2 Å². The standard InChI is InChI=1S/C23H25F6N7O3/c1-12(2)36-13(6-8-31-36)11-35-9-5-3-4-7-21(38,23(27,28)29)20-34-33-18(39-20)17-15(30)10-14(22(24,25)26)16(32-17)19(35)37/h6,8,10,12,38H,3-5,7,9,11,30H2,1-2H3/t21-/m1/s1. The number of anilines is 1. The highest BCUT2D eigenvalue weighted by molar-refractivity contribution is 5.95. The molecule has 39 heavy (non-hydrogen) atoms. The number of amides is 1. The summed E-state index contributed by atoms with van der Waals surface area (Å²) in [6, 6.07) is 1.93. The van der Waals surface area contributed by atoms with Crippen LogP contribution in [0, 0.1) is 0 Å². The monoisotopic (exact) mass is 561 g/mol. The largest absolute Gasteiger partial charge is 0.426 e. The van der Waals surface area contributed by atoms with Crippen molar-refractivity contribution in [2.24, 2.45) is 0 Å². The van der Waals surface area contributed by atoms with Gasteiger partial charge in [-0.1, -0.05) is 6.42 Å². The van der Waals surface area contributed by atoms with Gasteiger partial charge in [0.15, 0.2) is 5.69 Å². The Hall–Kier alpha value is -3.69. The molecule has 212 valence electrons. The number of halogens is 6. The molecule has 4 heterocycles. The highest BCUT2D eigenvalue weighted by Gasteiger charge is 2.58. The van der Waals surface area contributed by atoms with E-state index in [0.29, 0.717) is 11.8 Å². The maximum atomic E-state index is 14.0. The molecule has 0 saturated heterocycles. The van der Waals surface area contributed by atoms with Crippen LogP contribution in [0.15, 0.2) is 22.7 Å². The summed E-state index contributed by atoms with van der Waals surface area (Å²) in [7, 11) is 0. The van der Waals surface area contributed by atoms with Crippen molar-refractivity contribution >= 4 is 11.6 Å². The molecule has 16 heteroatoms. The second-order valence-electron chi connectivity index (χ2n) is 9.49. The van der Waals surface area contributed by atoms with Crippen LogP contribution in [0.5, 0.6) is 0 Å². The number of nitrogens with zero attached hydrogens (tertiary/aromatic N) is 6. The van der Waals surface area contributed by atoms with Gasteiger partial charge in [0.2, 0.25) is 5.60 Å². The third kappa shape index (κ3) is 5.42. The van der Waals surface area contributed by atoms with Crippen LogP contribution in [0.25, 0.3) is 11.6 Å². The fourth-order valence-electron chi connectivity index (χ4n) is 4.33. The first-order chi connectivity index (χ1) is 18.1. The number of rotatable bonds is 3. The first-order valence-electron chi connectivity index (χ1n) is 12.0. The van der Waals surface area contributed by atoms with Crippen molar-refractivity contribution in [1.82, 2.24) is 29.9 Å². The van der Waals surface area contributed by atoms with E-state index in [-0.39, 0.29) is 38.4 Å². The predicted octanol–water partition coefficient (Wildman–Crippen LogP) is 4.48. The van der Waals surface area contributed by atoms with Crippen molar-refractivity contribution in [1.29, 1.82) is 0 Å². The molecule has 4 bridgehead atoms. The Balaban J connectivity index is 1.88. The van der Waals surface area contributed by atoms with Crippen LogP contribution in [0.4, 0.5) is 32.0 Å². The molecule has 10 nitrogen and oxygen atoms in total. The lowest BCUT2D eigenvalue weighted by Gasteiger charge is -2.28. The van der Waals surface area contributed by atoms with E-state index in [0.717, 1.165) is 4.90 Å². The Morgan fingerprint density at radius 3 is 2.49 bits per heavy atom. The molecule has 0 fully saturated rings. The maximum Gasteiger partial charge on any atom is 0.426 e. The molecule has 0 aromatic carbocycles. The molecule has 0 unspecified atom stereocenters. The molecule has 1 aliphatic heterocycles. The Morgan fingerprint density at radius 2 is 1.85 bits per heavy atom. The molecular weight excluding hydrogens is 536 g/mol. The van der Waals surface area contributed by atoms with Gasteiger partial charge >= 0.3 is 12.4 Å². The van der Waals surface area contributed by atoms with Crippen molar-refractivity contribution in [2.75, 3.05) is 12.3 Å². The van der Waals surface area contributed by atoms with Gasteiger partial charge < -0.3 is 20.2 Å². The number of hydrogen-bond donors (Lipinski definition) is 2. The number of alkyl halides is 6. The number of nitrogens with two attached hydrogens (primary N) is 1. The predicted molar refractivity (Wildman–Crippen MR) is 123 cm³/mol. The zero-order valence-electron chi connectivity index (χ0n) is 20.8. The topological polar surface area (TPSA) is 136 Å². The summed E-state index contributed by atoms with van der Waals surface area (Å²) in [6.45, 7) is 3.41. The lowest BCUT2D eigenvalue weighted by atomic mass is 9.95. The molecule has 0 aliphatic carbocycles. The minimum absolute atomic E-state index is 0.0964. The molecule has 3 aromatic rings. The lowest BCUT2D eigenvalue weighted by Crippen LogP contribution is -2.42. The quantitative estimate of drug-likeness (QED) is 0.447. The number of carbonyl (C=O) groups excluding carboxylic acids is 1. The van der Waals surface area contributed by atoms with Crippen LogP contribution in [-0.4, -0.2) is 53.6 Å². The number of hydrogen-bond acceptors (Lipinski definition) is 8. The molecule has 1 amide bonds. The number of nitrogen functional groups attached to an aromatic ring is 1. The van der Waals surface area contributed by atoms with E-state index in [1.54, 1.807) is 10.7 Å². The van der Waals surface area contributed by atoms with Crippen molar-refractivity contribution < 1.29 is 40.7 Å². The molecule has 0 spiro atoms. The zero-order chi connectivity index (χ0) is 28.8.